The Morgan fingerprint density at radius 2 is 0.434 bits per heavy atom. The lowest BCUT2D eigenvalue weighted by Crippen LogP contribution is -2.00. The smallest absolute Gasteiger partial charge is 0.0980 e. The molecule has 0 unspecified atom stereocenters. The molecule has 27 rings (SSSR count). The van der Waals surface area contributed by atoms with Crippen LogP contribution in [0.4, 0.5) is 0 Å². The van der Waals surface area contributed by atoms with Crippen molar-refractivity contribution >= 4 is 130 Å². The Kier molecular flexibility index (Phi) is 19.2. The van der Waals surface area contributed by atoms with Crippen molar-refractivity contribution in [1.29, 1.82) is 0 Å². The van der Waals surface area contributed by atoms with E-state index in [2.05, 4.69) is 482 Å². The highest BCUT2D eigenvalue weighted by Crippen LogP contribution is 2.51. The van der Waals surface area contributed by atoms with E-state index >= 15 is 0 Å². The Labute approximate surface area is 785 Å². The maximum atomic E-state index is 5.52. The van der Waals surface area contributed by atoms with Gasteiger partial charge in [-0.25, -0.2) is 19.9 Å². The molecule has 0 aliphatic carbocycles. The van der Waals surface area contributed by atoms with Gasteiger partial charge in [-0.1, -0.05) is 406 Å². The Morgan fingerprint density at radius 3 is 0.860 bits per heavy atom. The van der Waals surface area contributed by atoms with Gasteiger partial charge in [0, 0.05) is 54.9 Å². The number of nitrogens with zero attached hydrogens (tertiary/aromatic N) is 6. The van der Waals surface area contributed by atoms with Crippen LogP contribution in [0, 0.1) is 0 Å². The van der Waals surface area contributed by atoms with E-state index in [1.165, 1.54) is 137 Å². The van der Waals surface area contributed by atoms with Gasteiger partial charge in [0.05, 0.1) is 72.6 Å². The summed E-state index contributed by atoms with van der Waals surface area (Å²) in [4.78, 5) is 21.8. The zero-order valence-electron chi connectivity index (χ0n) is 74.0. The van der Waals surface area contributed by atoms with Gasteiger partial charge in [-0.15, -0.1) is 0 Å². The monoisotopic (exact) mass is 1730 g/mol. The van der Waals surface area contributed by atoms with Crippen LogP contribution in [0.3, 0.4) is 0 Å². The molecule has 4 aromatic heterocycles. The lowest BCUT2D eigenvalue weighted by Gasteiger charge is -2.17. The van der Waals surface area contributed by atoms with Crippen LogP contribution in [0.5, 0.6) is 0 Å². The van der Waals surface area contributed by atoms with E-state index in [0.29, 0.717) is 0 Å². The first-order chi connectivity index (χ1) is 67.5. The van der Waals surface area contributed by atoms with E-state index < -0.39 is 0 Å². The lowest BCUT2D eigenvalue weighted by atomic mass is 9.92. The molecule has 6 nitrogen and oxygen atoms in total. The summed E-state index contributed by atoms with van der Waals surface area (Å²) in [5.41, 5.74) is 34.3. The van der Waals surface area contributed by atoms with Gasteiger partial charge in [-0.3, -0.25) is 0 Å². The maximum absolute atomic E-state index is 5.52. The maximum Gasteiger partial charge on any atom is 0.0980 e. The highest BCUT2D eigenvalue weighted by Gasteiger charge is 2.28. The SMILES string of the molecule is c1ccc(-c2cc(-c3ccccc3)cc(-c3ccc(-c4nc5ccccc5nc4-c4ccc(-n5c6ccc7ccccc7c6c6c7ccccc7c(-c7ccccc7)cc65)c5ccccc45)cc3)c2)cc1.c1ccc(-c2ccc(-c3nc4ccccc4nc3-c3cc(-n4c5cc(-c6ccccc6)c6ccccc6c5c5c6ccccc6c(-c6ccccc6)cc54)cc4ccccc34)cc2)cc1. The zero-order chi connectivity index (χ0) is 89.7. The molecule has 0 aliphatic heterocycles. The van der Waals surface area contributed by atoms with Crippen LogP contribution in [-0.2, 0) is 0 Å². The molecule has 0 aliphatic rings. The number of para-hydroxylation sites is 4. The van der Waals surface area contributed by atoms with Crippen LogP contribution in [0.25, 0.3) is 265 Å². The minimum absolute atomic E-state index is 0.846. The molecule has 23 aromatic carbocycles. The minimum atomic E-state index is 0.846. The third-order valence-electron chi connectivity index (χ3n) is 27.5. The predicted octanol–water partition coefficient (Wildman–Crippen LogP) is 34.7. The second-order valence-corrected chi connectivity index (χ2v) is 35.3. The number of hydrogen-bond acceptors (Lipinski definition) is 4. The average Bonchev–Trinajstić information content (AvgIpc) is 1.54. The van der Waals surface area contributed by atoms with Crippen LogP contribution in [0.15, 0.2) is 497 Å². The molecular weight excluding hydrogens is 1650 g/mol. The molecule has 0 radical (unpaired) electrons. The molecule has 0 N–H and O–H groups in total. The first kappa shape index (κ1) is 78.9. The Hall–Kier alpha value is -18.1. The van der Waals surface area contributed by atoms with Gasteiger partial charge in [-0.05, 0) is 228 Å². The number of aromatic nitrogens is 6. The summed E-state index contributed by atoms with van der Waals surface area (Å²) in [5.74, 6) is 0. The fraction of sp³-hybridized carbons (Fsp3) is 0. The summed E-state index contributed by atoms with van der Waals surface area (Å²) < 4.78 is 5.02. The lowest BCUT2D eigenvalue weighted by molar-refractivity contribution is 1.19. The Morgan fingerprint density at radius 1 is 0.140 bits per heavy atom. The van der Waals surface area contributed by atoms with E-state index in [9.17, 15) is 0 Å². The standard InChI is InChI=1S/C68H43N3.C62H39N3/c1-4-18-44(19-5-1)50-40-51(45-20-6-2-7-21-45)42-52(41-50)46-32-34-49(35-33-46)67-68(70-61-31-17-16-30-60(61)69-67)58-37-39-62(56-28-14-12-26-54(56)58)71-63-38-36-48-24-10-11-25-53(48)65(63)66-57-29-15-13-27-55(57)59(43-64(66)71)47-22-8-3-9-23-47;1-4-18-40(19-5-1)41-32-34-44(35-33-41)61-62(64-56-31-17-16-30-55(56)63-61)54-37-46(36-45-24-10-11-25-47(45)54)65-57-38-52(42-20-6-2-7-21-42)48-26-12-14-28-50(48)59(57)60-51-29-15-13-27-49(51)53(39-58(60)65)43-22-8-3-9-23-43/h1-43H;1-39H. The van der Waals surface area contributed by atoms with E-state index in [1.54, 1.807) is 0 Å². The van der Waals surface area contributed by atoms with Gasteiger partial charge in [0.2, 0.25) is 0 Å². The second kappa shape index (κ2) is 33.1. The first-order valence-corrected chi connectivity index (χ1v) is 46.5. The van der Waals surface area contributed by atoms with Crippen molar-refractivity contribution in [2.24, 2.45) is 0 Å². The predicted molar refractivity (Wildman–Crippen MR) is 573 cm³/mol. The van der Waals surface area contributed by atoms with Gasteiger partial charge in [-0.2, -0.15) is 0 Å². The quantitative estimate of drug-likeness (QED) is 0.115. The van der Waals surface area contributed by atoms with Crippen molar-refractivity contribution < 1.29 is 0 Å². The van der Waals surface area contributed by atoms with Crippen LogP contribution >= 0.6 is 0 Å². The molecule has 632 valence electrons. The van der Waals surface area contributed by atoms with Crippen molar-refractivity contribution in [3.63, 3.8) is 0 Å². The number of hydrogen-bond donors (Lipinski definition) is 0. The van der Waals surface area contributed by atoms with Crippen molar-refractivity contribution in [2.45, 2.75) is 0 Å². The summed E-state index contributed by atoms with van der Waals surface area (Å²) in [6.45, 7) is 0. The number of benzene rings is 23. The molecule has 0 spiro atoms. The fourth-order valence-electron chi connectivity index (χ4n) is 21.2. The van der Waals surface area contributed by atoms with Gasteiger partial charge >= 0.3 is 0 Å². The first-order valence-electron chi connectivity index (χ1n) is 46.5. The second-order valence-electron chi connectivity index (χ2n) is 35.3. The van der Waals surface area contributed by atoms with Crippen molar-refractivity contribution in [3.8, 4) is 134 Å². The van der Waals surface area contributed by atoms with E-state index in [0.717, 1.165) is 128 Å². The van der Waals surface area contributed by atoms with Crippen LogP contribution in [0.2, 0.25) is 0 Å². The van der Waals surface area contributed by atoms with E-state index in [-0.39, 0.29) is 0 Å². The third-order valence-corrected chi connectivity index (χ3v) is 27.5. The fourth-order valence-corrected chi connectivity index (χ4v) is 21.2. The summed E-state index contributed by atoms with van der Waals surface area (Å²) in [6, 6.07) is 179. The van der Waals surface area contributed by atoms with Gasteiger partial charge in [0.1, 0.15) is 0 Å². The van der Waals surface area contributed by atoms with Crippen LogP contribution in [-0.4, -0.2) is 29.1 Å². The topological polar surface area (TPSA) is 61.4 Å². The molecule has 0 saturated heterocycles. The molecule has 0 bridgehead atoms. The Balaban J connectivity index is 0.000000142. The molecule has 136 heavy (non-hydrogen) atoms. The van der Waals surface area contributed by atoms with Gasteiger partial charge in [0.15, 0.2) is 0 Å². The summed E-state index contributed by atoms with van der Waals surface area (Å²) in [7, 11) is 0. The van der Waals surface area contributed by atoms with Crippen molar-refractivity contribution in [2.75, 3.05) is 0 Å². The molecule has 0 saturated carbocycles. The molecule has 0 amide bonds. The Bertz CT molecular complexity index is 9230. The van der Waals surface area contributed by atoms with Gasteiger partial charge < -0.3 is 9.13 Å². The van der Waals surface area contributed by atoms with Crippen LogP contribution < -0.4 is 0 Å². The largest absolute Gasteiger partial charge is 0.309 e. The normalized spacial score (nSPS) is 11.7. The van der Waals surface area contributed by atoms with Crippen LogP contribution in [0.1, 0.15) is 0 Å². The van der Waals surface area contributed by atoms with E-state index in [1.807, 2.05) is 24.3 Å². The van der Waals surface area contributed by atoms with E-state index in [4.69, 9.17) is 19.9 Å². The van der Waals surface area contributed by atoms with Crippen molar-refractivity contribution in [1.82, 2.24) is 29.1 Å². The number of rotatable bonds is 13. The highest BCUT2D eigenvalue weighted by atomic mass is 15.0. The molecular formula is C130H82N6. The third kappa shape index (κ3) is 13.6. The molecule has 27 aromatic rings. The summed E-state index contributed by atoms with van der Waals surface area (Å²) >= 11 is 0. The van der Waals surface area contributed by atoms with Gasteiger partial charge in [0.25, 0.3) is 0 Å². The average molecular weight is 1730 g/mol. The molecule has 4 heterocycles. The summed E-state index contributed by atoms with van der Waals surface area (Å²) in [6.07, 6.45) is 0. The summed E-state index contributed by atoms with van der Waals surface area (Å²) in [5, 5.41) is 19.4. The molecule has 6 heteroatoms. The van der Waals surface area contributed by atoms with Crippen molar-refractivity contribution in [3.05, 3.63) is 497 Å². The molecule has 0 atom stereocenters. The zero-order valence-corrected chi connectivity index (χ0v) is 74.0. The highest BCUT2D eigenvalue weighted by molar-refractivity contribution is 6.33. The minimum Gasteiger partial charge on any atom is -0.309 e. The molecule has 0 fully saturated rings. The number of fused-ring (bicyclic) bond motifs is 18.